The molecule has 9 heteroatoms. The summed E-state index contributed by atoms with van der Waals surface area (Å²) in [5, 5.41) is 10.1. The van der Waals surface area contributed by atoms with Crippen LogP contribution in [0.3, 0.4) is 0 Å². The molecule has 1 aromatic heterocycles. The van der Waals surface area contributed by atoms with E-state index in [0.717, 1.165) is 24.6 Å². The van der Waals surface area contributed by atoms with Gasteiger partial charge in [0, 0.05) is 32.5 Å². The summed E-state index contributed by atoms with van der Waals surface area (Å²) in [6, 6.07) is 1.85. The van der Waals surface area contributed by atoms with E-state index in [1.54, 1.807) is 38.6 Å². The SMILES string of the molecule is C=CC(=O)/C(=N\NC/C=N\N(C)CCC)OC(C)/C=C/c1cc(OCCOC)cnc1C=C. The van der Waals surface area contributed by atoms with Crippen molar-refractivity contribution in [2.45, 2.75) is 26.4 Å². The number of hydrogen-bond acceptors (Lipinski definition) is 9. The van der Waals surface area contributed by atoms with E-state index in [1.807, 2.05) is 24.2 Å². The molecule has 0 radical (unpaired) electrons. The van der Waals surface area contributed by atoms with E-state index in [0.29, 0.717) is 31.2 Å². The zero-order valence-electron chi connectivity index (χ0n) is 20.0. The topological polar surface area (TPSA) is 97.6 Å². The first-order valence-electron chi connectivity index (χ1n) is 10.7. The summed E-state index contributed by atoms with van der Waals surface area (Å²) in [4.78, 5) is 16.5. The lowest BCUT2D eigenvalue weighted by atomic mass is 10.1. The Labute approximate surface area is 196 Å². The van der Waals surface area contributed by atoms with E-state index < -0.39 is 11.9 Å². The maximum atomic E-state index is 12.1. The van der Waals surface area contributed by atoms with Crippen LogP contribution in [0.25, 0.3) is 12.2 Å². The Morgan fingerprint density at radius 1 is 1.36 bits per heavy atom. The second kappa shape index (κ2) is 16.2. The number of nitrogens with zero attached hydrogens (tertiary/aromatic N) is 4. The van der Waals surface area contributed by atoms with Crippen molar-refractivity contribution in [1.29, 1.82) is 0 Å². The molecular weight excluding hydrogens is 422 g/mol. The molecule has 0 aliphatic heterocycles. The van der Waals surface area contributed by atoms with E-state index in [2.05, 4.69) is 40.7 Å². The van der Waals surface area contributed by atoms with Gasteiger partial charge in [-0.2, -0.15) is 5.10 Å². The van der Waals surface area contributed by atoms with Crippen LogP contribution in [0.1, 0.15) is 31.5 Å². The van der Waals surface area contributed by atoms with Crippen molar-refractivity contribution < 1.29 is 19.0 Å². The summed E-state index contributed by atoms with van der Waals surface area (Å²) >= 11 is 0. The fraction of sp³-hybridized carbons (Fsp3) is 0.417. The zero-order valence-corrected chi connectivity index (χ0v) is 20.0. The fourth-order valence-corrected chi connectivity index (χ4v) is 2.50. The third kappa shape index (κ3) is 11.1. The summed E-state index contributed by atoms with van der Waals surface area (Å²) in [6.45, 7) is 13.3. The maximum absolute atomic E-state index is 12.1. The second-order valence-electron chi connectivity index (χ2n) is 6.90. The number of pyridine rings is 1. The molecule has 0 saturated heterocycles. The van der Waals surface area contributed by atoms with Crippen molar-refractivity contribution >= 4 is 30.0 Å². The van der Waals surface area contributed by atoms with Gasteiger partial charge >= 0.3 is 0 Å². The van der Waals surface area contributed by atoms with Crippen LogP contribution in [0.5, 0.6) is 5.75 Å². The standard InChI is InChI=1S/C24H35N5O4/c1-7-14-29(5)27-13-12-26-28-24(23(30)9-3)33-19(4)10-11-20-17-21(32-16-15-31-6)18-25-22(20)8-2/h8-11,13,17-19,26H,2-3,7,12,14-16H2,1,4-6H3/b11-10+,27-13-,28-24+. The first kappa shape index (κ1) is 27.6. The normalized spacial score (nSPS) is 12.5. The van der Waals surface area contributed by atoms with Gasteiger partial charge in [0.15, 0.2) is 0 Å². The molecule has 1 aromatic rings. The third-order valence-corrected chi connectivity index (χ3v) is 4.10. The number of methoxy groups -OCH3 is 1. The molecule has 0 spiro atoms. The summed E-state index contributed by atoms with van der Waals surface area (Å²) in [5.41, 5.74) is 4.27. The smallest absolute Gasteiger partial charge is 0.279 e. The highest BCUT2D eigenvalue weighted by Crippen LogP contribution is 2.18. The van der Waals surface area contributed by atoms with Crippen LogP contribution in [0.15, 0.2) is 47.8 Å². The molecule has 0 saturated carbocycles. The van der Waals surface area contributed by atoms with Gasteiger partial charge in [0.2, 0.25) is 5.78 Å². The van der Waals surface area contributed by atoms with Gasteiger partial charge in [0.1, 0.15) is 18.5 Å². The molecule has 0 aliphatic rings. The van der Waals surface area contributed by atoms with Gasteiger partial charge in [-0.3, -0.25) is 9.78 Å². The first-order chi connectivity index (χ1) is 15.9. The Hall–Kier alpha value is -3.46. The number of ketones is 1. The minimum absolute atomic E-state index is 0.0869. The highest BCUT2D eigenvalue weighted by molar-refractivity contribution is 6.40. The second-order valence-corrected chi connectivity index (χ2v) is 6.90. The lowest BCUT2D eigenvalue weighted by molar-refractivity contribution is -0.110. The summed E-state index contributed by atoms with van der Waals surface area (Å²) < 4.78 is 16.3. The summed E-state index contributed by atoms with van der Waals surface area (Å²) in [5.74, 6) is 0.103. The third-order valence-electron chi connectivity index (χ3n) is 4.10. The first-order valence-corrected chi connectivity index (χ1v) is 10.7. The molecule has 1 atom stereocenters. The molecule has 180 valence electrons. The van der Waals surface area contributed by atoms with Crippen LogP contribution in [0.4, 0.5) is 0 Å². The molecule has 1 heterocycles. The molecular formula is C24H35N5O4. The number of hydrazone groups is 2. The average molecular weight is 458 g/mol. The highest BCUT2D eigenvalue weighted by Gasteiger charge is 2.12. The van der Waals surface area contributed by atoms with E-state index in [-0.39, 0.29) is 5.90 Å². The molecule has 9 nitrogen and oxygen atoms in total. The van der Waals surface area contributed by atoms with Crippen LogP contribution < -0.4 is 10.2 Å². The van der Waals surface area contributed by atoms with Gasteiger partial charge in [-0.05, 0) is 37.6 Å². The van der Waals surface area contributed by atoms with E-state index in [9.17, 15) is 4.79 Å². The molecule has 1 unspecified atom stereocenters. The Morgan fingerprint density at radius 2 is 2.15 bits per heavy atom. The number of hydrogen-bond donors (Lipinski definition) is 1. The van der Waals surface area contributed by atoms with E-state index >= 15 is 0 Å². The largest absolute Gasteiger partial charge is 0.490 e. The van der Waals surface area contributed by atoms with Gasteiger partial charge in [0.05, 0.1) is 25.0 Å². The summed E-state index contributed by atoms with van der Waals surface area (Å²) in [6.07, 6.45) is 10.3. The van der Waals surface area contributed by atoms with Crippen molar-refractivity contribution in [2.24, 2.45) is 10.2 Å². The fourth-order valence-electron chi connectivity index (χ4n) is 2.50. The highest BCUT2D eigenvalue weighted by atomic mass is 16.5. The average Bonchev–Trinajstić information content (AvgIpc) is 2.81. The number of ether oxygens (including phenoxy) is 3. The predicted octanol–water partition coefficient (Wildman–Crippen LogP) is 3.15. The van der Waals surface area contributed by atoms with Gasteiger partial charge in [-0.25, -0.2) is 0 Å². The lowest BCUT2D eigenvalue weighted by Gasteiger charge is -2.12. The van der Waals surface area contributed by atoms with Crippen LogP contribution in [0.2, 0.25) is 0 Å². The van der Waals surface area contributed by atoms with Crippen LogP contribution in [-0.4, -0.2) is 74.5 Å². The van der Waals surface area contributed by atoms with E-state index in [4.69, 9.17) is 14.2 Å². The van der Waals surface area contributed by atoms with Crippen LogP contribution in [0, 0.1) is 0 Å². The summed E-state index contributed by atoms with van der Waals surface area (Å²) in [7, 11) is 3.50. The van der Waals surface area contributed by atoms with Crippen LogP contribution in [-0.2, 0) is 14.3 Å². The van der Waals surface area contributed by atoms with Crippen molar-refractivity contribution in [3.8, 4) is 5.75 Å². The lowest BCUT2D eigenvalue weighted by Crippen LogP contribution is -2.24. The van der Waals surface area contributed by atoms with Crippen molar-refractivity contribution in [2.75, 3.05) is 40.5 Å². The Morgan fingerprint density at radius 3 is 2.82 bits per heavy atom. The quantitative estimate of drug-likeness (QED) is 0.134. The van der Waals surface area contributed by atoms with E-state index in [1.165, 1.54) is 0 Å². The predicted molar refractivity (Wildman–Crippen MR) is 133 cm³/mol. The number of carbonyl (C=O) groups excluding carboxylic acids is 1. The van der Waals surface area contributed by atoms with Crippen molar-refractivity contribution in [3.63, 3.8) is 0 Å². The van der Waals surface area contributed by atoms with Crippen LogP contribution >= 0.6 is 0 Å². The minimum atomic E-state index is -0.450. The van der Waals surface area contributed by atoms with Gasteiger partial charge in [0.25, 0.3) is 5.90 Å². The zero-order chi connectivity index (χ0) is 24.5. The Bertz CT molecular complexity index is 851. The molecule has 1 N–H and O–H groups in total. The van der Waals surface area contributed by atoms with Crippen molar-refractivity contribution in [1.82, 2.24) is 15.4 Å². The molecule has 0 bridgehead atoms. The monoisotopic (exact) mass is 457 g/mol. The van der Waals surface area contributed by atoms with Crippen molar-refractivity contribution in [3.05, 3.63) is 48.8 Å². The molecule has 0 aromatic carbocycles. The molecule has 33 heavy (non-hydrogen) atoms. The molecule has 0 amide bonds. The Balaban J connectivity index is 2.80. The number of rotatable bonds is 16. The molecule has 0 fully saturated rings. The number of aromatic nitrogens is 1. The minimum Gasteiger partial charge on any atom is -0.490 e. The number of nitrogens with one attached hydrogen (secondary N) is 1. The van der Waals surface area contributed by atoms with Gasteiger partial charge in [-0.1, -0.05) is 26.2 Å². The Kier molecular flexibility index (Phi) is 13.5. The van der Waals surface area contributed by atoms with Gasteiger partial charge < -0.3 is 24.6 Å². The molecule has 1 rings (SSSR count). The molecule has 0 aliphatic carbocycles. The number of carbonyl (C=O) groups is 1. The maximum Gasteiger partial charge on any atom is 0.279 e. The van der Waals surface area contributed by atoms with Gasteiger partial charge in [-0.15, -0.1) is 5.10 Å².